The molecule has 0 unspecified atom stereocenters. The Labute approximate surface area is 232 Å². The molecule has 7 nitrogen and oxygen atoms in total. The molecule has 0 saturated heterocycles. The van der Waals surface area contributed by atoms with E-state index in [0.717, 1.165) is 21.7 Å². The van der Waals surface area contributed by atoms with Crippen LogP contribution in [-0.4, -0.2) is 51.0 Å². The van der Waals surface area contributed by atoms with Gasteiger partial charge in [-0.3, -0.25) is 13.9 Å². The van der Waals surface area contributed by atoms with Crippen molar-refractivity contribution in [3.63, 3.8) is 0 Å². The van der Waals surface area contributed by atoms with Crippen LogP contribution < -0.4 is 9.62 Å². The topological polar surface area (TPSA) is 86.8 Å². The van der Waals surface area contributed by atoms with Gasteiger partial charge >= 0.3 is 0 Å². The molecular weight excluding hydrogens is 557 g/mol. The van der Waals surface area contributed by atoms with E-state index in [-0.39, 0.29) is 34.6 Å². The van der Waals surface area contributed by atoms with Gasteiger partial charge in [0.2, 0.25) is 21.8 Å². The number of hydrogen-bond acceptors (Lipinski definition) is 4. The van der Waals surface area contributed by atoms with Crippen molar-refractivity contribution in [2.45, 2.75) is 19.0 Å². The Balaban J connectivity index is 2.03. The van der Waals surface area contributed by atoms with Crippen LogP contribution in [0.25, 0.3) is 0 Å². The molecule has 0 fully saturated rings. The number of benzene rings is 3. The molecule has 2 amide bonds. The van der Waals surface area contributed by atoms with Crippen molar-refractivity contribution in [3.8, 4) is 0 Å². The predicted octanol–water partition coefficient (Wildman–Crippen LogP) is 4.80. The summed E-state index contributed by atoms with van der Waals surface area (Å²) < 4.78 is 26.4. The normalized spacial score (nSPS) is 12.0. The van der Waals surface area contributed by atoms with Crippen molar-refractivity contribution < 1.29 is 18.0 Å². The Hall–Kier alpha value is -2.78. The van der Waals surface area contributed by atoms with E-state index in [1.54, 1.807) is 24.3 Å². The number of sulfonamides is 1. The smallest absolute Gasteiger partial charge is 0.244 e. The first kappa shape index (κ1) is 28.8. The number of anilines is 1. The van der Waals surface area contributed by atoms with E-state index in [4.69, 9.17) is 34.8 Å². The highest BCUT2D eigenvalue weighted by Gasteiger charge is 2.32. The predicted molar refractivity (Wildman–Crippen MR) is 149 cm³/mol. The van der Waals surface area contributed by atoms with Crippen molar-refractivity contribution >= 4 is 62.3 Å². The van der Waals surface area contributed by atoms with Gasteiger partial charge in [-0.25, -0.2) is 8.42 Å². The van der Waals surface area contributed by atoms with Crippen LogP contribution in [0.1, 0.15) is 11.1 Å². The van der Waals surface area contributed by atoms with E-state index < -0.39 is 28.5 Å². The van der Waals surface area contributed by atoms with E-state index in [9.17, 15) is 18.0 Å². The molecule has 3 aromatic carbocycles. The number of nitrogens with one attached hydrogen (secondary N) is 1. The van der Waals surface area contributed by atoms with Gasteiger partial charge in [0, 0.05) is 35.1 Å². The second-order valence-electron chi connectivity index (χ2n) is 8.37. The third-order valence-corrected chi connectivity index (χ3v) is 7.43. The van der Waals surface area contributed by atoms with Crippen molar-refractivity contribution in [1.29, 1.82) is 0 Å². The minimum Gasteiger partial charge on any atom is -0.357 e. The Morgan fingerprint density at radius 3 is 2.00 bits per heavy atom. The Morgan fingerprint density at radius 1 is 0.865 bits per heavy atom. The van der Waals surface area contributed by atoms with Crippen LogP contribution in [-0.2, 0) is 32.6 Å². The maximum atomic E-state index is 13.8. The van der Waals surface area contributed by atoms with Crippen molar-refractivity contribution in [2.75, 3.05) is 24.2 Å². The third-order valence-electron chi connectivity index (χ3n) is 5.60. The zero-order valence-electron chi connectivity index (χ0n) is 20.2. The molecule has 0 aliphatic carbocycles. The number of halogens is 3. The Kier molecular flexibility index (Phi) is 9.84. The number of nitrogens with zero attached hydrogens (tertiary/aromatic N) is 2. The van der Waals surface area contributed by atoms with Crippen LogP contribution >= 0.6 is 34.8 Å². The standard InChI is InChI=1S/C26H26Cl3N3O4S/c1-30-26(34)24(12-18-6-4-3-5-7-18)31(16-19-8-10-20(27)11-9-19)25(33)17-32(37(2,35)36)23-14-21(28)13-22(29)15-23/h3-11,13-15,24H,12,16-17H2,1-2H3,(H,30,34)/t24-/m1/s1. The zero-order chi connectivity index (χ0) is 27.2. The number of carbonyl (C=O) groups is 2. The summed E-state index contributed by atoms with van der Waals surface area (Å²) in [4.78, 5) is 28.2. The van der Waals surface area contributed by atoms with Gasteiger partial charge < -0.3 is 10.2 Å². The summed E-state index contributed by atoms with van der Waals surface area (Å²) in [7, 11) is -2.43. The molecule has 1 atom stereocenters. The van der Waals surface area contributed by atoms with Crippen molar-refractivity contribution in [2.24, 2.45) is 0 Å². The van der Waals surface area contributed by atoms with Gasteiger partial charge in [0.15, 0.2) is 0 Å². The van der Waals surface area contributed by atoms with Crippen LogP contribution in [0.4, 0.5) is 5.69 Å². The number of likely N-dealkylation sites (N-methyl/N-ethyl adjacent to an activating group) is 1. The minimum absolute atomic E-state index is 0.0504. The first-order valence-electron chi connectivity index (χ1n) is 11.2. The minimum atomic E-state index is -3.92. The van der Waals surface area contributed by atoms with Crippen LogP contribution in [0.3, 0.4) is 0 Å². The molecule has 1 N–H and O–H groups in total. The van der Waals surface area contributed by atoms with Crippen LogP contribution in [0.5, 0.6) is 0 Å². The SMILES string of the molecule is CNC(=O)[C@@H](Cc1ccccc1)N(Cc1ccc(Cl)cc1)C(=O)CN(c1cc(Cl)cc(Cl)c1)S(C)(=O)=O. The van der Waals surface area contributed by atoms with Crippen LogP contribution in [0, 0.1) is 0 Å². The van der Waals surface area contributed by atoms with Gasteiger partial charge in [-0.05, 0) is 41.5 Å². The molecule has 0 heterocycles. The van der Waals surface area contributed by atoms with Crippen LogP contribution in [0.2, 0.25) is 15.1 Å². The molecule has 0 aliphatic heterocycles. The summed E-state index contributed by atoms with van der Waals surface area (Å²) in [6.07, 6.45) is 1.21. The number of hydrogen-bond donors (Lipinski definition) is 1. The highest BCUT2D eigenvalue weighted by Crippen LogP contribution is 2.27. The molecular formula is C26H26Cl3N3O4S. The van der Waals surface area contributed by atoms with E-state index >= 15 is 0 Å². The maximum absolute atomic E-state index is 13.8. The van der Waals surface area contributed by atoms with Gasteiger partial charge in [-0.2, -0.15) is 0 Å². The monoisotopic (exact) mass is 581 g/mol. The Bertz CT molecular complexity index is 1330. The van der Waals surface area contributed by atoms with E-state index in [0.29, 0.717) is 5.02 Å². The lowest BCUT2D eigenvalue weighted by molar-refractivity contribution is -0.139. The first-order valence-corrected chi connectivity index (χ1v) is 14.2. The zero-order valence-corrected chi connectivity index (χ0v) is 23.3. The highest BCUT2D eigenvalue weighted by molar-refractivity contribution is 7.92. The molecule has 196 valence electrons. The van der Waals surface area contributed by atoms with E-state index in [1.807, 2.05) is 30.3 Å². The lowest BCUT2D eigenvalue weighted by Gasteiger charge is -2.33. The van der Waals surface area contributed by atoms with E-state index in [2.05, 4.69) is 5.32 Å². The summed E-state index contributed by atoms with van der Waals surface area (Å²) >= 11 is 18.2. The molecule has 0 saturated carbocycles. The molecule has 0 bridgehead atoms. The largest absolute Gasteiger partial charge is 0.357 e. The lowest BCUT2D eigenvalue weighted by Crippen LogP contribution is -2.52. The fourth-order valence-electron chi connectivity index (χ4n) is 3.80. The molecule has 0 spiro atoms. The number of carbonyl (C=O) groups excluding carboxylic acids is 2. The molecule has 3 rings (SSSR count). The Morgan fingerprint density at radius 2 is 1.46 bits per heavy atom. The molecule has 0 aliphatic rings. The molecule has 37 heavy (non-hydrogen) atoms. The quantitative estimate of drug-likeness (QED) is 0.372. The summed E-state index contributed by atoms with van der Waals surface area (Å²) in [6.45, 7) is -0.514. The summed E-state index contributed by atoms with van der Waals surface area (Å²) in [5.41, 5.74) is 1.70. The lowest BCUT2D eigenvalue weighted by atomic mass is 10.0. The van der Waals surface area contributed by atoms with Crippen molar-refractivity contribution in [1.82, 2.24) is 10.2 Å². The highest BCUT2D eigenvalue weighted by atomic mass is 35.5. The number of rotatable bonds is 10. The molecule has 11 heteroatoms. The van der Waals surface area contributed by atoms with Gasteiger partial charge in [0.25, 0.3) is 0 Å². The van der Waals surface area contributed by atoms with E-state index in [1.165, 1.54) is 30.1 Å². The summed E-state index contributed by atoms with van der Waals surface area (Å²) in [6, 6.07) is 19.5. The fourth-order valence-corrected chi connectivity index (χ4v) is 5.28. The van der Waals surface area contributed by atoms with Gasteiger partial charge in [0.1, 0.15) is 12.6 Å². The second kappa shape index (κ2) is 12.6. The first-order chi connectivity index (χ1) is 17.5. The maximum Gasteiger partial charge on any atom is 0.244 e. The number of amides is 2. The van der Waals surface area contributed by atoms with Gasteiger partial charge in [0.05, 0.1) is 11.9 Å². The second-order valence-corrected chi connectivity index (χ2v) is 11.6. The summed E-state index contributed by atoms with van der Waals surface area (Å²) in [5.74, 6) is -0.969. The van der Waals surface area contributed by atoms with Gasteiger partial charge in [-0.15, -0.1) is 0 Å². The van der Waals surface area contributed by atoms with Crippen LogP contribution in [0.15, 0.2) is 72.8 Å². The van der Waals surface area contributed by atoms with Crippen molar-refractivity contribution in [3.05, 3.63) is 99.0 Å². The average Bonchev–Trinajstić information content (AvgIpc) is 2.84. The molecule has 0 aromatic heterocycles. The molecule has 3 aromatic rings. The fraction of sp³-hybridized carbons (Fsp3) is 0.231. The average molecular weight is 583 g/mol. The molecule has 0 radical (unpaired) electrons. The summed E-state index contributed by atoms with van der Waals surface area (Å²) in [5, 5.41) is 3.58. The van der Waals surface area contributed by atoms with Gasteiger partial charge in [-0.1, -0.05) is 77.3 Å². The third kappa shape index (κ3) is 8.10.